The van der Waals surface area contributed by atoms with E-state index in [9.17, 15) is 4.79 Å². The fourth-order valence-electron chi connectivity index (χ4n) is 2.19. The summed E-state index contributed by atoms with van der Waals surface area (Å²) >= 11 is 0. The number of nitrogens with zero attached hydrogens (tertiary/aromatic N) is 2. The second kappa shape index (κ2) is 7.04. The molecule has 1 aromatic heterocycles. The highest BCUT2D eigenvalue weighted by molar-refractivity contribution is 5.90. The van der Waals surface area contributed by atoms with Gasteiger partial charge in [-0.1, -0.05) is 19.3 Å². The predicted molar refractivity (Wildman–Crippen MR) is 71.9 cm³/mol. The molecule has 3 N–H and O–H groups in total. The number of ether oxygens (including phenoxy) is 1. The minimum Gasteiger partial charge on any atom is -0.376 e. The van der Waals surface area contributed by atoms with Crippen LogP contribution in [0.25, 0.3) is 0 Å². The van der Waals surface area contributed by atoms with Gasteiger partial charge in [0.15, 0.2) is 5.69 Å². The summed E-state index contributed by atoms with van der Waals surface area (Å²) < 4.78 is 5.78. The van der Waals surface area contributed by atoms with Crippen LogP contribution in [-0.2, 0) is 4.74 Å². The maximum Gasteiger partial charge on any atom is 0.269 e. The van der Waals surface area contributed by atoms with E-state index in [4.69, 9.17) is 10.5 Å². The molecule has 0 aliphatic heterocycles. The van der Waals surface area contributed by atoms with Gasteiger partial charge in [-0.05, 0) is 25.0 Å². The lowest BCUT2D eigenvalue weighted by Crippen LogP contribution is -2.21. The number of carbonyl (C=O) groups is 1. The number of nitrogens with one attached hydrogen (secondary N) is 1. The van der Waals surface area contributed by atoms with Crippen LogP contribution in [0, 0.1) is 0 Å². The van der Waals surface area contributed by atoms with Crippen molar-refractivity contribution in [1.82, 2.24) is 10.2 Å². The third kappa shape index (κ3) is 4.48. The van der Waals surface area contributed by atoms with E-state index >= 15 is 0 Å². The van der Waals surface area contributed by atoms with Gasteiger partial charge in [-0.3, -0.25) is 4.79 Å². The zero-order chi connectivity index (χ0) is 13.5. The van der Waals surface area contributed by atoms with E-state index in [1.54, 1.807) is 12.1 Å². The highest BCUT2D eigenvalue weighted by Gasteiger charge is 2.13. The summed E-state index contributed by atoms with van der Waals surface area (Å²) in [4.78, 5) is 10.8. The van der Waals surface area contributed by atoms with Gasteiger partial charge in [-0.15, -0.1) is 10.2 Å². The molecular weight excluding hydrogens is 244 g/mol. The highest BCUT2D eigenvalue weighted by atomic mass is 16.5. The maximum absolute atomic E-state index is 10.8. The average Bonchev–Trinajstić information content (AvgIpc) is 2.45. The van der Waals surface area contributed by atoms with E-state index in [0.29, 0.717) is 25.1 Å². The predicted octanol–water partition coefficient (Wildman–Crippen LogP) is 1.34. The molecule has 1 fully saturated rings. The zero-order valence-electron chi connectivity index (χ0n) is 11.0. The number of nitrogens with two attached hydrogens (primary N) is 1. The minimum absolute atomic E-state index is 0.170. The first-order valence-corrected chi connectivity index (χ1v) is 6.75. The van der Waals surface area contributed by atoms with Gasteiger partial charge in [0.05, 0.1) is 12.7 Å². The quantitative estimate of drug-likeness (QED) is 0.757. The Kier molecular flexibility index (Phi) is 5.09. The van der Waals surface area contributed by atoms with E-state index < -0.39 is 5.91 Å². The summed E-state index contributed by atoms with van der Waals surface area (Å²) in [6, 6.07) is 3.24. The molecule has 1 aliphatic carbocycles. The summed E-state index contributed by atoms with van der Waals surface area (Å²) in [7, 11) is 0. The first-order valence-electron chi connectivity index (χ1n) is 6.75. The van der Waals surface area contributed by atoms with Gasteiger partial charge in [0, 0.05) is 6.54 Å². The van der Waals surface area contributed by atoms with E-state index in [2.05, 4.69) is 15.5 Å². The summed E-state index contributed by atoms with van der Waals surface area (Å²) in [6.45, 7) is 1.34. The van der Waals surface area contributed by atoms with Crippen molar-refractivity contribution in [2.45, 2.75) is 38.2 Å². The summed E-state index contributed by atoms with van der Waals surface area (Å²) in [6.07, 6.45) is 6.65. The molecule has 1 heterocycles. The van der Waals surface area contributed by atoms with Gasteiger partial charge >= 0.3 is 0 Å². The molecule has 6 nitrogen and oxygen atoms in total. The molecule has 2 rings (SSSR count). The summed E-state index contributed by atoms with van der Waals surface area (Å²) in [5, 5.41) is 10.7. The molecule has 1 amide bonds. The molecule has 19 heavy (non-hydrogen) atoms. The van der Waals surface area contributed by atoms with Crippen molar-refractivity contribution in [2.75, 3.05) is 18.5 Å². The van der Waals surface area contributed by atoms with Crippen LogP contribution in [0.4, 0.5) is 5.82 Å². The Bertz CT molecular complexity index is 402. The number of amides is 1. The molecular formula is C13H20N4O2. The van der Waals surface area contributed by atoms with Gasteiger partial charge in [0.2, 0.25) is 0 Å². The van der Waals surface area contributed by atoms with E-state index in [0.717, 1.165) is 0 Å². The molecule has 0 radical (unpaired) electrons. The van der Waals surface area contributed by atoms with Crippen LogP contribution in [0.15, 0.2) is 12.1 Å². The van der Waals surface area contributed by atoms with Crippen molar-refractivity contribution >= 4 is 11.7 Å². The first kappa shape index (κ1) is 13.7. The van der Waals surface area contributed by atoms with Crippen LogP contribution in [-0.4, -0.2) is 35.4 Å². The van der Waals surface area contributed by atoms with Gasteiger partial charge in [0.1, 0.15) is 5.82 Å². The number of hydrogen-bond acceptors (Lipinski definition) is 5. The van der Waals surface area contributed by atoms with Gasteiger partial charge < -0.3 is 15.8 Å². The minimum atomic E-state index is -0.570. The fraction of sp³-hybridized carbons (Fsp3) is 0.615. The third-order valence-corrected chi connectivity index (χ3v) is 3.23. The number of anilines is 1. The van der Waals surface area contributed by atoms with Crippen LogP contribution in [0.2, 0.25) is 0 Å². The van der Waals surface area contributed by atoms with Crippen molar-refractivity contribution in [3.8, 4) is 0 Å². The van der Waals surface area contributed by atoms with Crippen LogP contribution in [0.3, 0.4) is 0 Å². The van der Waals surface area contributed by atoms with Crippen LogP contribution in [0.1, 0.15) is 42.6 Å². The smallest absolute Gasteiger partial charge is 0.269 e. The van der Waals surface area contributed by atoms with Crippen LogP contribution >= 0.6 is 0 Å². The molecule has 0 saturated heterocycles. The Balaban J connectivity index is 1.66. The Morgan fingerprint density at radius 3 is 2.74 bits per heavy atom. The van der Waals surface area contributed by atoms with Gasteiger partial charge in [-0.2, -0.15) is 0 Å². The lowest BCUT2D eigenvalue weighted by molar-refractivity contribution is 0.0347. The maximum atomic E-state index is 10.8. The molecule has 1 saturated carbocycles. The SMILES string of the molecule is NC(=O)c1ccc(NCCOC2CCCCC2)nn1. The number of carbonyl (C=O) groups excluding carboxylic acids is 1. The molecule has 0 spiro atoms. The second-order valence-electron chi connectivity index (χ2n) is 4.73. The van der Waals surface area contributed by atoms with Gasteiger partial charge in [-0.25, -0.2) is 0 Å². The topological polar surface area (TPSA) is 90.1 Å². The molecule has 0 aromatic carbocycles. The van der Waals surface area contributed by atoms with Crippen LogP contribution in [0.5, 0.6) is 0 Å². The molecule has 6 heteroatoms. The van der Waals surface area contributed by atoms with Crippen molar-refractivity contribution in [1.29, 1.82) is 0 Å². The molecule has 104 valence electrons. The van der Waals surface area contributed by atoms with Gasteiger partial charge in [0.25, 0.3) is 5.91 Å². The Morgan fingerprint density at radius 2 is 2.11 bits per heavy atom. The summed E-state index contributed by atoms with van der Waals surface area (Å²) in [5.41, 5.74) is 5.26. The molecule has 1 aromatic rings. The largest absolute Gasteiger partial charge is 0.376 e. The highest BCUT2D eigenvalue weighted by Crippen LogP contribution is 2.19. The molecule has 1 aliphatic rings. The molecule has 0 unspecified atom stereocenters. The second-order valence-corrected chi connectivity index (χ2v) is 4.73. The van der Waals surface area contributed by atoms with Crippen LogP contribution < -0.4 is 11.1 Å². The Hall–Kier alpha value is -1.69. The van der Waals surface area contributed by atoms with E-state index in [-0.39, 0.29) is 5.69 Å². The monoisotopic (exact) mass is 264 g/mol. The van der Waals surface area contributed by atoms with Crippen molar-refractivity contribution in [3.05, 3.63) is 17.8 Å². The molecule has 0 bridgehead atoms. The normalized spacial score (nSPS) is 16.2. The molecule has 0 atom stereocenters. The van der Waals surface area contributed by atoms with Crippen molar-refractivity contribution < 1.29 is 9.53 Å². The summed E-state index contributed by atoms with van der Waals surface area (Å²) in [5.74, 6) is 0.0527. The van der Waals surface area contributed by atoms with Crippen molar-refractivity contribution in [2.24, 2.45) is 5.73 Å². The number of aromatic nitrogens is 2. The Labute approximate surface area is 112 Å². The number of rotatable bonds is 6. The fourth-order valence-corrected chi connectivity index (χ4v) is 2.19. The first-order chi connectivity index (χ1) is 9.25. The van der Waals surface area contributed by atoms with E-state index in [1.807, 2.05) is 0 Å². The third-order valence-electron chi connectivity index (χ3n) is 3.23. The van der Waals surface area contributed by atoms with E-state index in [1.165, 1.54) is 32.1 Å². The number of hydrogen-bond donors (Lipinski definition) is 2. The zero-order valence-corrected chi connectivity index (χ0v) is 11.0. The standard InChI is InChI=1S/C13H20N4O2/c14-13(18)11-6-7-12(17-16-11)15-8-9-19-10-4-2-1-3-5-10/h6-7,10H,1-5,8-9H2,(H2,14,18)(H,15,17). The average molecular weight is 264 g/mol. The van der Waals surface area contributed by atoms with Crippen molar-refractivity contribution in [3.63, 3.8) is 0 Å². The lowest BCUT2D eigenvalue weighted by atomic mass is 9.98. The lowest BCUT2D eigenvalue weighted by Gasteiger charge is -2.22. The number of primary amides is 1. The Morgan fingerprint density at radius 1 is 1.32 bits per heavy atom.